The van der Waals surface area contributed by atoms with E-state index in [2.05, 4.69) is 42.2 Å². The predicted octanol–water partition coefficient (Wildman–Crippen LogP) is 4.05. The molecule has 1 saturated carbocycles. The molecular formula is C19H32N2. The SMILES string of the molecule is CCCCN(Cc1ccccc1)CC1CCC(CN)CC1. The van der Waals surface area contributed by atoms with Crippen LogP contribution in [-0.2, 0) is 6.54 Å². The number of nitrogens with zero attached hydrogens (tertiary/aromatic N) is 1. The van der Waals surface area contributed by atoms with E-state index in [-0.39, 0.29) is 0 Å². The lowest BCUT2D eigenvalue weighted by molar-refractivity contribution is 0.174. The fraction of sp³-hybridized carbons (Fsp3) is 0.684. The fourth-order valence-corrected chi connectivity index (χ4v) is 3.47. The lowest BCUT2D eigenvalue weighted by Gasteiger charge is -2.32. The predicted molar refractivity (Wildman–Crippen MR) is 91.1 cm³/mol. The van der Waals surface area contributed by atoms with Crippen molar-refractivity contribution in [1.82, 2.24) is 4.90 Å². The van der Waals surface area contributed by atoms with E-state index in [9.17, 15) is 0 Å². The van der Waals surface area contributed by atoms with Crippen molar-refractivity contribution in [3.05, 3.63) is 35.9 Å². The van der Waals surface area contributed by atoms with Crippen LogP contribution in [0.5, 0.6) is 0 Å². The van der Waals surface area contributed by atoms with Crippen LogP contribution in [-0.4, -0.2) is 24.5 Å². The van der Waals surface area contributed by atoms with Crippen molar-refractivity contribution in [3.8, 4) is 0 Å². The summed E-state index contributed by atoms with van der Waals surface area (Å²) in [6, 6.07) is 10.9. The number of nitrogens with two attached hydrogens (primary N) is 1. The third-order valence-electron chi connectivity index (χ3n) is 4.89. The zero-order valence-corrected chi connectivity index (χ0v) is 13.6. The van der Waals surface area contributed by atoms with E-state index in [1.807, 2.05) is 0 Å². The Morgan fingerprint density at radius 1 is 1.05 bits per heavy atom. The Hall–Kier alpha value is -0.860. The second-order valence-electron chi connectivity index (χ2n) is 6.70. The van der Waals surface area contributed by atoms with Crippen molar-refractivity contribution in [2.24, 2.45) is 17.6 Å². The highest BCUT2D eigenvalue weighted by Crippen LogP contribution is 2.29. The molecule has 0 spiro atoms. The molecule has 2 rings (SSSR count). The van der Waals surface area contributed by atoms with Crippen LogP contribution >= 0.6 is 0 Å². The van der Waals surface area contributed by atoms with Crippen LogP contribution in [0, 0.1) is 11.8 Å². The van der Waals surface area contributed by atoms with Gasteiger partial charge in [-0.05, 0) is 62.6 Å². The van der Waals surface area contributed by atoms with Gasteiger partial charge in [0.1, 0.15) is 0 Å². The molecule has 0 atom stereocenters. The zero-order valence-electron chi connectivity index (χ0n) is 13.6. The van der Waals surface area contributed by atoms with Crippen LogP contribution in [0.25, 0.3) is 0 Å². The first-order valence-electron chi connectivity index (χ1n) is 8.78. The van der Waals surface area contributed by atoms with Crippen molar-refractivity contribution >= 4 is 0 Å². The summed E-state index contributed by atoms with van der Waals surface area (Å²) in [5.74, 6) is 1.67. The normalized spacial score (nSPS) is 22.6. The first-order valence-corrected chi connectivity index (χ1v) is 8.78. The van der Waals surface area contributed by atoms with Crippen molar-refractivity contribution < 1.29 is 0 Å². The number of benzene rings is 1. The van der Waals surface area contributed by atoms with Gasteiger partial charge in [-0.25, -0.2) is 0 Å². The standard InChI is InChI=1S/C19H32N2/c1-2-3-13-21(15-18-7-5-4-6-8-18)16-19-11-9-17(14-20)10-12-19/h4-8,17,19H,2-3,9-16,20H2,1H3. The Bertz CT molecular complexity index is 368. The minimum atomic E-state index is 0.791. The van der Waals surface area contributed by atoms with Crippen molar-refractivity contribution in [1.29, 1.82) is 0 Å². The number of hydrogen-bond acceptors (Lipinski definition) is 2. The van der Waals surface area contributed by atoms with Crippen LogP contribution in [0.15, 0.2) is 30.3 Å². The molecule has 0 unspecified atom stereocenters. The molecule has 2 nitrogen and oxygen atoms in total. The van der Waals surface area contributed by atoms with E-state index in [0.29, 0.717) is 0 Å². The first-order chi connectivity index (χ1) is 10.3. The van der Waals surface area contributed by atoms with Crippen molar-refractivity contribution in [3.63, 3.8) is 0 Å². The van der Waals surface area contributed by atoms with Gasteiger partial charge in [0, 0.05) is 13.1 Å². The Kier molecular flexibility index (Phi) is 7.25. The van der Waals surface area contributed by atoms with E-state index < -0.39 is 0 Å². The monoisotopic (exact) mass is 288 g/mol. The third-order valence-corrected chi connectivity index (χ3v) is 4.89. The second kappa shape index (κ2) is 9.22. The molecule has 1 fully saturated rings. The maximum Gasteiger partial charge on any atom is 0.0233 e. The molecule has 1 aliphatic carbocycles. The lowest BCUT2D eigenvalue weighted by Crippen LogP contribution is -2.33. The van der Waals surface area contributed by atoms with Gasteiger partial charge in [-0.15, -0.1) is 0 Å². The van der Waals surface area contributed by atoms with E-state index >= 15 is 0 Å². The molecular weight excluding hydrogens is 256 g/mol. The van der Waals surface area contributed by atoms with E-state index in [1.165, 1.54) is 57.2 Å². The summed E-state index contributed by atoms with van der Waals surface area (Å²) in [5.41, 5.74) is 7.26. The number of rotatable bonds is 8. The quantitative estimate of drug-likeness (QED) is 0.782. The molecule has 0 radical (unpaired) electrons. The fourth-order valence-electron chi connectivity index (χ4n) is 3.47. The molecule has 2 heteroatoms. The molecule has 1 aromatic carbocycles. The summed E-state index contributed by atoms with van der Waals surface area (Å²) >= 11 is 0. The summed E-state index contributed by atoms with van der Waals surface area (Å²) in [7, 11) is 0. The van der Waals surface area contributed by atoms with Crippen molar-refractivity contribution in [2.45, 2.75) is 52.0 Å². The minimum Gasteiger partial charge on any atom is -0.330 e. The molecule has 118 valence electrons. The molecule has 0 bridgehead atoms. The van der Waals surface area contributed by atoms with E-state index in [1.54, 1.807) is 0 Å². The molecule has 2 N–H and O–H groups in total. The van der Waals surface area contributed by atoms with Gasteiger partial charge in [0.25, 0.3) is 0 Å². The highest BCUT2D eigenvalue weighted by Gasteiger charge is 2.22. The van der Waals surface area contributed by atoms with Gasteiger partial charge in [-0.1, -0.05) is 43.7 Å². The van der Waals surface area contributed by atoms with Crippen LogP contribution in [0.4, 0.5) is 0 Å². The number of unbranched alkanes of at least 4 members (excludes halogenated alkanes) is 1. The highest BCUT2D eigenvalue weighted by atomic mass is 15.1. The molecule has 1 aliphatic rings. The van der Waals surface area contributed by atoms with Crippen LogP contribution in [0.1, 0.15) is 51.0 Å². The molecule has 0 aromatic heterocycles. The van der Waals surface area contributed by atoms with E-state index in [0.717, 1.165) is 24.9 Å². The average molecular weight is 288 g/mol. The van der Waals surface area contributed by atoms with Gasteiger partial charge in [-0.3, -0.25) is 4.90 Å². The summed E-state index contributed by atoms with van der Waals surface area (Å²) in [6.07, 6.45) is 8.02. The summed E-state index contributed by atoms with van der Waals surface area (Å²) < 4.78 is 0. The summed E-state index contributed by atoms with van der Waals surface area (Å²) in [5, 5.41) is 0. The van der Waals surface area contributed by atoms with Gasteiger partial charge in [0.15, 0.2) is 0 Å². The Balaban J connectivity index is 1.84. The third kappa shape index (κ3) is 5.80. The van der Waals surface area contributed by atoms with Gasteiger partial charge in [-0.2, -0.15) is 0 Å². The molecule has 21 heavy (non-hydrogen) atoms. The lowest BCUT2D eigenvalue weighted by atomic mass is 9.82. The summed E-state index contributed by atoms with van der Waals surface area (Å²) in [6.45, 7) is 6.79. The van der Waals surface area contributed by atoms with Gasteiger partial charge >= 0.3 is 0 Å². The molecule has 0 heterocycles. The van der Waals surface area contributed by atoms with Crippen molar-refractivity contribution in [2.75, 3.05) is 19.6 Å². The molecule has 1 aromatic rings. The van der Waals surface area contributed by atoms with Gasteiger partial charge in [0.05, 0.1) is 0 Å². The van der Waals surface area contributed by atoms with Crippen LogP contribution in [0.3, 0.4) is 0 Å². The first kappa shape index (κ1) is 16.5. The maximum atomic E-state index is 5.81. The summed E-state index contributed by atoms with van der Waals surface area (Å²) in [4.78, 5) is 2.67. The Morgan fingerprint density at radius 3 is 2.33 bits per heavy atom. The zero-order chi connectivity index (χ0) is 14.9. The molecule has 0 amide bonds. The average Bonchev–Trinajstić information content (AvgIpc) is 2.54. The maximum absolute atomic E-state index is 5.81. The Labute approximate surface area is 130 Å². The Morgan fingerprint density at radius 2 is 1.71 bits per heavy atom. The topological polar surface area (TPSA) is 29.3 Å². The van der Waals surface area contributed by atoms with Crippen LogP contribution < -0.4 is 5.73 Å². The van der Waals surface area contributed by atoms with Gasteiger partial charge in [0.2, 0.25) is 0 Å². The minimum absolute atomic E-state index is 0.791. The largest absolute Gasteiger partial charge is 0.330 e. The highest BCUT2D eigenvalue weighted by molar-refractivity contribution is 5.14. The molecule has 0 aliphatic heterocycles. The molecule has 0 saturated heterocycles. The number of hydrogen-bond donors (Lipinski definition) is 1. The van der Waals surface area contributed by atoms with Crippen LogP contribution in [0.2, 0.25) is 0 Å². The second-order valence-corrected chi connectivity index (χ2v) is 6.70. The van der Waals surface area contributed by atoms with E-state index in [4.69, 9.17) is 5.73 Å². The van der Waals surface area contributed by atoms with Gasteiger partial charge < -0.3 is 5.73 Å². The smallest absolute Gasteiger partial charge is 0.0233 e.